The lowest BCUT2D eigenvalue weighted by molar-refractivity contribution is 0.554. The smallest absolute Gasteiger partial charge is 0.339 e. The second-order valence-electron chi connectivity index (χ2n) is 7.30. The molecule has 0 spiro atoms. The molecule has 0 atom stereocenters. The van der Waals surface area contributed by atoms with Crippen molar-refractivity contribution < 1.29 is 8.83 Å². The van der Waals surface area contributed by atoms with Crippen molar-refractivity contribution in [2.24, 2.45) is 0 Å². The highest BCUT2D eigenvalue weighted by atomic mass is 16.4. The standard InChI is InChI=1S/C22H15NO4/c1-10-9-16-14(7-8-17(24)26-16)18-15-6-5-12-11-3-2-4-13(11)22(25)27-21(12)20(15)23-19(10)18/h5-9,23H,2-4H2,1H3. The molecule has 0 radical (unpaired) electrons. The predicted molar refractivity (Wildman–Crippen MR) is 105 cm³/mol. The third kappa shape index (κ3) is 1.83. The van der Waals surface area contributed by atoms with Crippen LogP contribution in [0.3, 0.4) is 0 Å². The topological polar surface area (TPSA) is 76.2 Å². The lowest BCUT2D eigenvalue weighted by atomic mass is 10.0. The monoisotopic (exact) mass is 357 g/mol. The molecule has 0 unspecified atom stereocenters. The summed E-state index contributed by atoms with van der Waals surface area (Å²) in [6.45, 7) is 1.97. The average molecular weight is 357 g/mol. The molecule has 0 bridgehead atoms. The van der Waals surface area contributed by atoms with Gasteiger partial charge >= 0.3 is 11.3 Å². The van der Waals surface area contributed by atoms with Crippen LogP contribution in [0.15, 0.2) is 48.8 Å². The number of hydrogen-bond donors (Lipinski definition) is 1. The zero-order valence-electron chi connectivity index (χ0n) is 14.6. The van der Waals surface area contributed by atoms with E-state index in [9.17, 15) is 9.59 Å². The van der Waals surface area contributed by atoms with E-state index >= 15 is 0 Å². The molecule has 1 N–H and O–H groups in total. The molecule has 0 fully saturated rings. The summed E-state index contributed by atoms with van der Waals surface area (Å²) >= 11 is 0. The number of fused-ring (bicyclic) bond motifs is 9. The molecule has 0 saturated carbocycles. The molecule has 3 heterocycles. The molecule has 2 aromatic carbocycles. The average Bonchev–Trinajstić information content (AvgIpc) is 3.27. The molecule has 132 valence electrons. The molecule has 3 aromatic heterocycles. The first kappa shape index (κ1) is 14.8. The summed E-state index contributed by atoms with van der Waals surface area (Å²) in [7, 11) is 0. The van der Waals surface area contributed by atoms with Gasteiger partial charge in [0.25, 0.3) is 0 Å². The van der Waals surface area contributed by atoms with E-state index in [4.69, 9.17) is 8.83 Å². The number of aromatic amines is 1. The maximum absolute atomic E-state index is 12.5. The van der Waals surface area contributed by atoms with Gasteiger partial charge in [-0.3, -0.25) is 0 Å². The van der Waals surface area contributed by atoms with E-state index in [1.807, 2.05) is 19.1 Å². The van der Waals surface area contributed by atoms with E-state index < -0.39 is 0 Å². The third-order valence-corrected chi connectivity index (χ3v) is 5.78. The maximum atomic E-state index is 12.5. The Balaban J connectivity index is 1.88. The predicted octanol–water partition coefficient (Wildman–Crippen LogP) is 4.33. The Hall–Kier alpha value is -3.34. The Morgan fingerprint density at radius 3 is 2.56 bits per heavy atom. The summed E-state index contributed by atoms with van der Waals surface area (Å²) in [4.78, 5) is 27.6. The van der Waals surface area contributed by atoms with Crippen molar-refractivity contribution in [2.75, 3.05) is 0 Å². The van der Waals surface area contributed by atoms with Gasteiger partial charge in [0.1, 0.15) is 5.58 Å². The van der Waals surface area contributed by atoms with Crippen LogP contribution in [0.4, 0.5) is 0 Å². The van der Waals surface area contributed by atoms with Gasteiger partial charge in [0.05, 0.1) is 11.0 Å². The highest BCUT2D eigenvalue weighted by Gasteiger charge is 2.22. The van der Waals surface area contributed by atoms with Gasteiger partial charge in [-0.1, -0.05) is 12.1 Å². The van der Waals surface area contributed by atoms with Crippen molar-refractivity contribution in [3.8, 4) is 0 Å². The Bertz CT molecular complexity index is 1550. The lowest BCUT2D eigenvalue weighted by Crippen LogP contribution is -2.06. The second kappa shape index (κ2) is 4.88. The van der Waals surface area contributed by atoms with Gasteiger partial charge < -0.3 is 13.8 Å². The normalized spacial score (nSPS) is 14.0. The zero-order valence-corrected chi connectivity index (χ0v) is 14.6. The van der Waals surface area contributed by atoms with Crippen LogP contribution in [-0.4, -0.2) is 4.98 Å². The molecule has 1 aliphatic carbocycles. The fourth-order valence-corrected chi connectivity index (χ4v) is 4.59. The molecule has 5 heteroatoms. The Morgan fingerprint density at radius 2 is 1.67 bits per heavy atom. The Labute approximate surface area is 152 Å². The van der Waals surface area contributed by atoms with Gasteiger partial charge in [-0.05, 0) is 49.4 Å². The van der Waals surface area contributed by atoms with Gasteiger partial charge in [-0.2, -0.15) is 0 Å². The van der Waals surface area contributed by atoms with E-state index in [2.05, 4.69) is 11.1 Å². The largest absolute Gasteiger partial charge is 0.423 e. The van der Waals surface area contributed by atoms with E-state index in [1.54, 1.807) is 6.07 Å². The molecule has 1 aliphatic rings. The summed E-state index contributed by atoms with van der Waals surface area (Å²) in [6.07, 6.45) is 2.70. The number of rotatable bonds is 0. The molecule has 5 nitrogen and oxygen atoms in total. The Kier molecular flexibility index (Phi) is 2.67. The molecule has 27 heavy (non-hydrogen) atoms. The molecule has 5 aromatic rings. The van der Waals surface area contributed by atoms with E-state index in [0.717, 1.165) is 68.5 Å². The highest BCUT2D eigenvalue weighted by molar-refractivity contribution is 6.24. The molecule has 0 amide bonds. The Morgan fingerprint density at radius 1 is 0.889 bits per heavy atom. The summed E-state index contributed by atoms with van der Waals surface area (Å²) in [6, 6.07) is 9.21. The second-order valence-corrected chi connectivity index (χ2v) is 7.30. The number of aryl methyl sites for hydroxylation is 2. The number of nitrogens with one attached hydrogen (secondary N) is 1. The van der Waals surface area contributed by atoms with Crippen LogP contribution in [-0.2, 0) is 12.8 Å². The van der Waals surface area contributed by atoms with Gasteiger partial charge in [-0.25, -0.2) is 9.59 Å². The van der Waals surface area contributed by atoms with Crippen molar-refractivity contribution in [2.45, 2.75) is 26.2 Å². The molecule has 0 saturated heterocycles. The minimum Gasteiger partial charge on any atom is -0.423 e. The molecular weight excluding hydrogens is 342 g/mol. The van der Waals surface area contributed by atoms with Gasteiger partial charge in [0.2, 0.25) is 0 Å². The van der Waals surface area contributed by atoms with Crippen LogP contribution < -0.4 is 11.3 Å². The summed E-state index contributed by atoms with van der Waals surface area (Å²) in [5.41, 5.74) is 5.26. The fourth-order valence-electron chi connectivity index (χ4n) is 4.59. The van der Waals surface area contributed by atoms with Crippen LogP contribution in [0.5, 0.6) is 0 Å². The van der Waals surface area contributed by atoms with Gasteiger partial charge in [0.15, 0.2) is 5.58 Å². The van der Waals surface area contributed by atoms with Crippen molar-refractivity contribution in [1.29, 1.82) is 0 Å². The summed E-state index contributed by atoms with van der Waals surface area (Å²) in [5, 5.41) is 3.81. The van der Waals surface area contributed by atoms with Crippen LogP contribution in [0.1, 0.15) is 23.1 Å². The van der Waals surface area contributed by atoms with Crippen molar-refractivity contribution in [1.82, 2.24) is 4.98 Å². The quantitative estimate of drug-likeness (QED) is 0.419. The minimum absolute atomic E-state index is 0.228. The fraction of sp³-hybridized carbons (Fsp3) is 0.182. The summed E-state index contributed by atoms with van der Waals surface area (Å²) < 4.78 is 11.2. The van der Waals surface area contributed by atoms with Crippen LogP contribution >= 0.6 is 0 Å². The molecule has 0 aliphatic heterocycles. The van der Waals surface area contributed by atoms with Gasteiger partial charge in [-0.15, -0.1) is 0 Å². The SMILES string of the molecule is Cc1cc2oc(=O)ccc2c2c1[nH]c1c2ccc2c3c(c(=O)oc21)CCC3. The summed E-state index contributed by atoms with van der Waals surface area (Å²) in [5.74, 6) is 0. The van der Waals surface area contributed by atoms with E-state index in [0.29, 0.717) is 11.2 Å². The number of H-pyrrole nitrogens is 1. The number of hydrogen-bond acceptors (Lipinski definition) is 4. The van der Waals surface area contributed by atoms with Crippen LogP contribution in [0.2, 0.25) is 0 Å². The molecule has 6 rings (SSSR count). The first-order valence-corrected chi connectivity index (χ1v) is 9.08. The van der Waals surface area contributed by atoms with Crippen molar-refractivity contribution >= 4 is 43.7 Å². The number of aromatic nitrogens is 1. The zero-order chi connectivity index (χ0) is 18.3. The van der Waals surface area contributed by atoms with E-state index in [-0.39, 0.29) is 11.3 Å². The minimum atomic E-state index is -0.367. The van der Waals surface area contributed by atoms with Crippen LogP contribution in [0, 0.1) is 6.92 Å². The third-order valence-electron chi connectivity index (χ3n) is 5.78. The first-order valence-electron chi connectivity index (χ1n) is 9.08. The lowest BCUT2D eigenvalue weighted by Gasteiger charge is -2.05. The highest BCUT2D eigenvalue weighted by Crippen LogP contribution is 2.38. The first-order chi connectivity index (χ1) is 13.1. The van der Waals surface area contributed by atoms with E-state index in [1.165, 1.54) is 6.07 Å². The van der Waals surface area contributed by atoms with Crippen LogP contribution in [0.25, 0.3) is 43.7 Å². The molecular formula is C22H15NO4. The van der Waals surface area contributed by atoms with Crippen molar-refractivity contribution in [3.63, 3.8) is 0 Å². The van der Waals surface area contributed by atoms with Crippen molar-refractivity contribution in [3.05, 3.63) is 67.9 Å². The van der Waals surface area contributed by atoms with Gasteiger partial charge in [0, 0.05) is 33.2 Å². The maximum Gasteiger partial charge on any atom is 0.339 e. The number of benzene rings is 2.